The zero-order valence-electron chi connectivity index (χ0n) is 16.4. The average Bonchev–Trinajstić information content (AvgIpc) is 2.75. The third-order valence-corrected chi connectivity index (χ3v) is 5.34. The van der Waals surface area contributed by atoms with Gasteiger partial charge in [-0.1, -0.05) is 72.8 Å². The van der Waals surface area contributed by atoms with Gasteiger partial charge in [0.1, 0.15) is 12.6 Å². The lowest BCUT2D eigenvalue weighted by atomic mass is 9.99. The summed E-state index contributed by atoms with van der Waals surface area (Å²) < 4.78 is 5.39. The SMILES string of the molecule is CC(NC(=O)C1COCC(=O)N1Cc1ccccc1)c1cccc2ccccc12. The van der Waals surface area contributed by atoms with E-state index in [-0.39, 0.29) is 31.1 Å². The van der Waals surface area contributed by atoms with Gasteiger partial charge in [0.15, 0.2) is 0 Å². The Morgan fingerprint density at radius 1 is 1.07 bits per heavy atom. The molecule has 0 radical (unpaired) electrons. The van der Waals surface area contributed by atoms with Crippen LogP contribution in [0.1, 0.15) is 24.1 Å². The molecule has 0 bridgehead atoms. The molecule has 5 heteroatoms. The largest absolute Gasteiger partial charge is 0.369 e. The Hall–Kier alpha value is -3.18. The fourth-order valence-corrected chi connectivity index (χ4v) is 3.82. The molecule has 1 fully saturated rings. The van der Waals surface area contributed by atoms with E-state index in [4.69, 9.17) is 4.74 Å². The number of fused-ring (bicyclic) bond motifs is 1. The Labute approximate surface area is 170 Å². The fraction of sp³-hybridized carbons (Fsp3) is 0.250. The lowest BCUT2D eigenvalue weighted by molar-refractivity contribution is -0.155. The molecule has 2 unspecified atom stereocenters. The van der Waals surface area contributed by atoms with Crippen LogP contribution in [0.2, 0.25) is 0 Å². The monoisotopic (exact) mass is 388 g/mol. The highest BCUT2D eigenvalue weighted by Gasteiger charge is 2.34. The number of morpholine rings is 1. The number of nitrogens with one attached hydrogen (secondary N) is 1. The van der Waals surface area contributed by atoms with Crippen molar-refractivity contribution in [1.82, 2.24) is 10.2 Å². The van der Waals surface area contributed by atoms with Gasteiger partial charge in [0, 0.05) is 6.54 Å². The van der Waals surface area contributed by atoms with Crippen LogP contribution in [0.4, 0.5) is 0 Å². The van der Waals surface area contributed by atoms with E-state index in [9.17, 15) is 9.59 Å². The van der Waals surface area contributed by atoms with E-state index in [1.54, 1.807) is 4.90 Å². The minimum Gasteiger partial charge on any atom is -0.369 e. The smallest absolute Gasteiger partial charge is 0.249 e. The van der Waals surface area contributed by atoms with Crippen molar-refractivity contribution in [3.63, 3.8) is 0 Å². The number of amides is 2. The van der Waals surface area contributed by atoms with Gasteiger partial charge in [-0.05, 0) is 28.8 Å². The van der Waals surface area contributed by atoms with Crippen molar-refractivity contribution in [2.24, 2.45) is 0 Å². The lowest BCUT2D eigenvalue weighted by Gasteiger charge is -2.35. The molecule has 4 rings (SSSR count). The Bertz CT molecular complexity index is 1010. The number of carbonyl (C=O) groups is 2. The van der Waals surface area contributed by atoms with Crippen molar-refractivity contribution in [2.75, 3.05) is 13.2 Å². The van der Waals surface area contributed by atoms with Crippen LogP contribution in [0.15, 0.2) is 72.8 Å². The Kier molecular flexibility index (Phi) is 5.58. The topological polar surface area (TPSA) is 58.6 Å². The summed E-state index contributed by atoms with van der Waals surface area (Å²) in [5.41, 5.74) is 2.04. The molecule has 5 nitrogen and oxygen atoms in total. The van der Waals surface area contributed by atoms with Crippen molar-refractivity contribution >= 4 is 22.6 Å². The van der Waals surface area contributed by atoms with Gasteiger partial charge in [-0.3, -0.25) is 9.59 Å². The van der Waals surface area contributed by atoms with Gasteiger partial charge >= 0.3 is 0 Å². The maximum Gasteiger partial charge on any atom is 0.249 e. The van der Waals surface area contributed by atoms with Gasteiger partial charge in [0.05, 0.1) is 12.6 Å². The summed E-state index contributed by atoms with van der Waals surface area (Å²) in [7, 11) is 0. The molecule has 0 aliphatic carbocycles. The summed E-state index contributed by atoms with van der Waals surface area (Å²) in [4.78, 5) is 27.2. The highest BCUT2D eigenvalue weighted by Crippen LogP contribution is 2.24. The number of carbonyl (C=O) groups excluding carboxylic acids is 2. The minimum atomic E-state index is -0.645. The van der Waals surface area contributed by atoms with Crippen LogP contribution in [0.3, 0.4) is 0 Å². The first-order valence-corrected chi connectivity index (χ1v) is 9.82. The number of rotatable bonds is 5. The third kappa shape index (κ3) is 4.15. The summed E-state index contributed by atoms with van der Waals surface area (Å²) in [6.07, 6.45) is 0. The van der Waals surface area contributed by atoms with Crippen LogP contribution in [-0.4, -0.2) is 36.0 Å². The van der Waals surface area contributed by atoms with Crippen LogP contribution < -0.4 is 5.32 Å². The maximum atomic E-state index is 13.1. The van der Waals surface area contributed by atoms with E-state index in [0.717, 1.165) is 21.9 Å². The first kappa shape index (κ1) is 19.2. The molecule has 2 amide bonds. The molecule has 3 aromatic carbocycles. The summed E-state index contributed by atoms with van der Waals surface area (Å²) in [6.45, 7) is 2.57. The molecule has 1 saturated heterocycles. The number of ether oxygens (including phenoxy) is 1. The second-order valence-electron chi connectivity index (χ2n) is 7.34. The second-order valence-corrected chi connectivity index (χ2v) is 7.34. The van der Waals surface area contributed by atoms with Gasteiger partial charge in [-0.2, -0.15) is 0 Å². The van der Waals surface area contributed by atoms with E-state index in [1.165, 1.54) is 0 Å². The molecule has 148 valence electrons. The minimum absolute atomic E-state index is 0.00941. The van der Waals surface area contributed by atoms with Gasteiger partial charge < -0.3 is 15.0 Å². The highest BCUT2D eigenvalue weighted by molar-refractivity contribution is 5.90. The van der Waals surface area contributed by atoms with Gasteiger partial charge in [-0.15, -0.1) is 0 Å². The molecular weight excluding hydrogens is 364 g/mol. The predicted molar refractivity (Wildman–Crippen MR) is 112 cm³/mol. The van der Waals surface area contributed by atoms with E-state index in [1.807, 2.05) is 61.5 Å². The maximum absolute atomic E-state index is 13.1. The molecular formula is C24H24N2O3. The molecule has 0 spiro atoms. The molecule has 0 saturated carbocycles. The molecule has 0 aromatic heterocycles. The average molecular weight is 388 g/mol. The molecule has 2 atom stereocenters. The van der Waals surface area contributed by atoms with Crippen LogP contribution in [0.25, 0.3) is 10.8 Å². The summed E-state index contributed by atoms with van der Waals surface area (Å²) in [5.74, 6) is -0.368. The zero-order valence-corrected chi connectivity index (χ0v) is 16.4. The molecule has 1 N–H and O–H groups in total. The molecule has 1 heterocycles. The molecule has 1 aliphatic rings. The Balaban J connectivity index is 1.53. The van der Waals surface area contributed by atoms with Crippen LogP contribution in [-0.2, 0) is 20.9 Å². The number of hydrogen-bond donors (Lipinski definition) is 1. The molecule has 29 heavy (non-hydrogen) atoms. The van der Waals surface area contributed by atoms with Gasteiger partial charge in [0.2, 0.25) is 11.8 Å². The Morgan fingerprint density at radius 2 is 1.79 bits per heavy atom. The van der Waals surface area contributed by atoms with Crippen molar-refractivity contribution in [2.45, 2.75) is 25.6 Å². The summed E-state index contributed by atoms with van der Waals surface area (Å²) in [5, 5.41) is 5.32. The standard InChI is InChI=1S/C24H24N2O3/c1-17(20-13-7-11-19-10-5-6-12-21(19)20)25-24(28)22-15-29-16-23(27)26(22)14-18-8-3-2-4-9-18/h2-13,17,22H,14-16H2,1H3,(H,25,28). The third-order valence-electron chi connectivity index (χ3n) is 5.34. The van der Waals surface area contributed by atoms with E-state index in [2.05, 4.69) is 23.5 Å². The number of hydrogen-bond acceptors (Lipinski definition) is 3. The van der Waals surface area contributed by atoms with Crippen molar-refractivity contribution < 1.29 is 14.3 Å². The Morgan fingerprint density at radius 3 is 2.62 bits per heavy atom. The van der Waals surface area contributed by atoms with E-state index in [0.29, 0.717) is 6.54 Å². The quantitative estimate of drug-likeness (QED) is 0.728. The fourth-order valence-electron chi connectivity index (χ4n) is 3.82. The van der Waals surface area contributed by atoms with E-state index < -0.39 is 6.04 Å². The van der Waals surface area contributed by atoms with Gasteiger partial charge in [-0.25, -0.2) is 0 Å². The number of nitrogens with zero attached hydrogens (tertiary/aromatic N) is 1. The van der Waals surface area contributed by atoms with E-state index >= 15 is 0 Å². The van der Waals surface area contributed by atoms with Gasteiger partial charge in [0.25, 0.3) is 0 Å². The first-order valence-electron chi connectivity index (χ1n) is 9.82. The second kappa shape index (κ2) is 8.45. The van der Waals surface area contributed by atoms with Crippen LogP contribution in [0.5, 0.6) is 0 Å². The lowest BCUT2D eigenvalue weighted by Crippen LogP contribution is -2.56. The summed E-state index contributed by atoms with van der Waals surface area (Å²) >= 11 is 0. The van der Waals surface area contributed by atoms with Crippen molar-refractivity contribution in [3.8, 4) is 0 Å². The van der Waals surface area contributed by atoms with Crippen molar-refractivity contribution in [1.29, 1.82) is 0 Å². The van der Waals surface area contributed by atoms with Crippen LogP contribution >= 0.6 is 0 Å². The number of benzene rings is 3. The summed E-state index contributed by atoms with van der Waals surface area (Å²) in [6, 6.07) is 23.1. The van der Waals surface area contributed by atoms with Crippen LogP contribution in [0, 0.1) is 0 Å². The zero-order chi connectivity index (χ0) is 20.2. The molecule has 1 aliphatic heterocycles. The normalized spacial score (nSPS) is 17.9. The predicted octanol–water partition coefficient (Wildman–Crippen LogP) is 3.44. The van der Waals surface area contributed by atoms with Crippen molar-refractivity contribution in [3.05, 3.63) is 83.9 Å². The first-order chi connectivity index (χ1) is 14.1. The molecule has 3 aromatic rings. The highest BCUT2D eigenvalue weighted by atomic mass is 16.5.